The minimum absolute atomic E-state index is 0.0366. The maximum atomic E-state index is 12.8. The van der Waals surface area contributed by atoms with E-state index in [1.807, 2.05) is 73.0 Å². The van der Waals surface area contributed by atoms with Crippen LogP contribution in [-0.4, -0.2) is 27.2 Å². The normalized spacial score (nSPS) is 11.1. The first kappa shape index (κ1) is 20.1. The third kappa shape index (κ3) is 3.95. The van der Waals surface area contributed by atoms with Gasteiger partial charge in [-0.1, -0.05) is 17.7 Å². The van der Waals surface area contributed by atoms with E-state index >= 15 is 0 Å². The van der Waals surface area contributed by atoms with Gasteiger partial charge in [-0.2, -0.15) is 0 Å². The molecule has 152 valence electrons. The number of carbonyl (C=O) groups is 1. The van der Waals surface area contributed by atoms with Crippen molar-refractivity contribution in [2.75, 3.05) is 11.9 Å². The van der Waals surface area contributed by atoms with Crippen LogP contribution in [0.2, 0.25) is 5.02 Å². The molecule has 1 heterocycles. The Morgan fingerprint density at radius 2 is 1.80 bits per heavy atom. The number of amides is 1. The molecule has 0 bridgehead atoms. The number of aryl methyl sites for hydroxylation is 2. The SMILES string of the molecule is Cc1ccc(NC(=O)c2ccc3nc(-c4ccc(Cl)cc4)n(CCO)c3c2)cc1C. The predicted molar refractivity (Wildman–Crippen MR) is 121 cm³/mol. The van der Waals surface area contributed by atoms with E-state index < -0.39 is 0 Å². The van der Waals surface area contributed by atoms with E-state index in [0.29, 0.717) is 17.1 Å². The quantitative estimate of drug-likeness (QED) is 0.466. The Kier molecular flexibility index (Phi) is 5.57. The summed E-state index contributed by atoms with van der Waals surface area (Å²) in [5.74, 6) is 0.535. The lowest BCUT2D eigenvalue weighted by molar-refractivity contribution is 0.102. The molecule has 0 saturated carbocycles. The van der Waals surface area contributed by atoms with Gasteiger partial charge in [0.15, 0.2) is 0 Å². The van der Waals surface area contributed by atoms with Crippen LogP contribution in [0.3, 0.4) is 0 Å². The van der Waals surface area contributed by atoms with Gasteiger partial charge in [0.25, 0.3) is 5.91 Å². The van der Waals surface area contributed by atoms with Crippen molar-refractivity contribution < 1.29 is 9.90 Å². The zero-order chi connectivity index (χ0) is 21.3. The van der Waals surface area contributed by atoms with Crippen LogP contribution in [0.1, 0.15) is 21.5 Å². The molecule has 4 rings (SSSR count). The third-order valence-corrected chi connectivity index (χ3v) is 5.45. The summed E-state index contributed by atoms with van der Waals surface area (Å²) >= 11 is 6.01. The lowest BCUT2D eigenvalue weighted by atomic mass is 10.1. The Labute approximate surface area is 179 Å². The number of rotatable bonds is 5. The molecule has 0 unspecified atom stereocenters. The number of halogens is 1. The lowest BCUT2D eigenvalue weighted by Crippen LogP contribution is -2.12. The van der Waals surface area contributed by atoms with Gasteiger partial charge in [-0.05, 0) is 79.6 Å². The van der Waals surface area contributed by atoms with E-state index in [4.69, 9.17) is 16.6 Å². The van der Waals surface area contributed by atoms with Crippen molar-refractivity contribution in [3.8, 4) is 11.4 Å². The van der Waals surface area contributed by atoms with E-state index in [9.17, 15) is 9.90 Å². The second-order valence-corrected chi connectivity index (χ2v) is 7.71. The number of anilines is 1. The lowest BCUT2D eigenvalue weighted by Gasteiger charge is -2.10. The first-order chi connectivity index (χ1) is 14.5. The van der Waals surface area contributed by atoms with Crippen molar-refractivity contribution in [1.82, 2.24) is 9.55 Å². The molecule has 0 atom stereocenters. The van der Waals surface area contributed by atoms with Crippen LogP contribution in [0.5, 0.6) is 0 Å². The van der Waals surface area contributed by atoms with E-state index in [1.54, 1.807) is 6.07 Å². The zero-order valence-corrected chi connectivity index (χ0v) is 17.6. The first-order valence-corrected chi connectivity index (χ1v) is 10.1. The minimum Gasteiger partial charge on any atom is -0.395 e. The Balaban J connectivity index is 1.72. The molecular formula is C24H22ClN3O2. The number of carbonyl (C=O) groups excluding carboxylic acids is 1. The summed E-state index contributed by atoms with van der Waals surface area (Å²) in [6.07, 6.45) is 0. The van der Waals surface area contributed by atoms with Crippen molar-refractivity contribution >= 4 is 34.2 Å². The molecule has 0 saturated heterocycles. The van der Waals surface area contributed by atoms with Gasteiger partial charge >= 0.3 is 0 Å². The number of hydrogen-bond donors (Lipinski definition) is 2. The summed E-state index contributed by atoms with van der Waals surface area (Å²) in [5.41, 5.74) is 6.04. The molecule has 0 fully saturated rings. The average Bonchev–Trinajstić information content (AvgIpc) is 3.09. The molecule has 3 aromatic carbocycles. The summed E-state index contributed by atoms with van der Waals surface area (Å²) in [7, 11) is 0. The first-order valence-electron chi connectivity index (χ1n) is 9.72. The van der Waals surface area contributed by atoms with Gasteiger partial charge < -0.3 is 15.0 Å². The number of fused-ring (bicyclic) bond motifs is 1. The topological polar surface area (TPSA) is 67.2 Å². The highest BCUT2D eigenvalue weighted by Crippen LogP contribution is 2.27. The molecule has 0 spiro atoms. The van der Waals surface area contributed by atoms with Crippen molar-refractivity contribution in [1.29, 1.82) is 0 Å². The van der Waals surface area contributed by atoms with Crippen molar-refractivity contribution in [3.63, 3.8) is 0 Å². The van der Waals surface area contributed by atoms with E-state index in [0.717, 1.165) is 33.7 Å². The molecule has 2 N–H and O–H groups in total. The van der Waals surface area contributed by atoms with Gasteiger partial charge in [-0.25, -0.2) is 4.98 Å². The van der Waals surface area contributed by atoms with Crippen LogP contribution in [0, 0.1) is 13.8 Å². The van der Waals surface area contributed by atoms with Gasteiger partial charge in [0.05, 0.1) is 17.6 Å². The molecule has 0 aliphatic rings. The Morgan fingerprint density at radius 1 is 1.03 bits per heavy atom. The molecule has 0 aliphatic heterocycles. The molecule has 5 nitrogen and oxygen atoms in total. The van der Waals surface area contributed by atoms with Crippen LogP contribution < -0.4 is 5.32 Å². The number of aliphatic hydroxyl groups is 1. The maximum absolute atomic E-state index is 12.8. The van der Waals surface area contributed by atoms with Gasteiger partial charge in [0, 0.05) is 28.4 Å². The Morgan fingerprint density at radius 3 is 2.50 bits per heavy atom. The number of hydrogen-bond acceptors (Lipinski definition) is 3. The smallest absolute Gasteiger partial charge is 0.255 e. The molecule has 6 heteroatoms. The van der Waals surface area contributed by atoms with E-state index in [-0.39, 0.29) is 12.5 Å². The van der Waals surface area contributed by atoms with Gasteiger partial charge in [0.2, 0.25) is 0 Å². The largest absolute Gasteiger partial charge is 0.395 e. The average molecular weight is 420 g/mol. The summed E-state index contributed by atoms with van der Waals surface area (Å²) in [6, 6.07) is 18.7. The third-order valence-electron chi connectivity index (χ3n) is 5.20. The Hall–Kier alpha value is -3.15. The maximum Gasteiger partial charge on any atom is 0.255 e. The number of nitrogens with one attached hydrogen (secondary N) is 1. The molecule has 1 amide bonds. The van der Waals surface area contributed by atoms with E-state index in [1.165, 1.54) is 5.56 Å². The van der Waals surface area contributed by atoms with Crippen molar-refractivity contribution in [2.45, 2.75) is 20.4 Å². The fraction of sp³-hybridized carbons (Fsp3) is 0.167. The van der Waals surface area contributed by atoms with Crippen LogP contribution >= 0.6 is 11.6 Å². The van der Waals surface area contributed by atoms with E-state index in [2.05, 4.69) is 5.32 Å². The summed E-state index contributed by atoms with van der Waals surface area (Å²) in [5, 5.41) is 13.2. The minimum atomic E-state index is -0.190. The second kappa shape index (κ2) is 8.30. The standard InChI is InChI=1S/C24H22ClN3O2/c1-15-3-9-20(13-16(15)2)26-24(30)18-6-10-21-22(14-18)28(11-12-29)23(27-21)17-4-7-19(25)8-5-17/h3-10,13-14,29H,11-12H2,1-2H3,(H,26,30). The molecular weight excluding hydrogens is 398 g/mol. The van der Waals surface area contributed by atoms with Gasteiger partial charge in [-0.15, -0.1) is 0 Å². The zero-order valence-electron chi connectivity index (χ0n) is 16.8. The number of aliphatic hydroxyl groups excluding tert-OH is 1. The number of nitrogens with zero attached hydrogens (tertiary/aromatic N) is 2. The summed E-state index contributed by atoms with van der Waals surface area (Å²) in [6.45, 7) is 4.39. The summed E-state index contributed by atoms with van der Waals surface area (Å²) < 4.78 is 1.92. The fourth-order valence-electron chi connectivity index (χ4n) is 3.43. The molecule has 30 heavy (non-hydrogen) atoms. The van der Waals surface area contributed by atoms with Crippen molar-refractivity contribution in [2.24, 2.45) is 0 Å². The van der Waals surface area contributed by atoms with Crippen LogP contribution in [0.15, 0.2) is 60.7 Å². The highest BCUT2D eigenvalue weighted by molar-refractivity contribution is 6.30. The van der Waals surface area contributed by atoms with Gasteiger partial charge in [0.1, 0.15) is 5.82 Å². The van der Waals surface area contributed by atoms with Crippen molar-refractivity contribution in [3.05, 3.63) is 82.4 Å². The number of aromatic nitrogens is 2. The molecule has 0 radical (unpaired) electrons. The van der Waals surface area contributed by atoms with Crippen LogP contribution in [-0.2, 0) is 6.54 Å². The van der Waals surface area contributed by atoms with Gasteiger partial charge in [-0.3, -0.25) is 4.79 Å². The van der Waals surface area contributed by atoms with Crippen LogP contribution in [0.4, 0.5) is 5.69 Å². The predicted octanol–water partition coefficient (Wildman–Crippen LogP) is 5.22. The highest BCUT2D eigenvalue weighted by Gasteiger charge is 2.15. The number of imidazole rings is 1. The second-order valence-electron chi connectivity index (χ2n) is 7.27. The molecule has 4 aromatic rings. The monoisotopic (exact) mass is 419 g/mol. The number of benzene rings is 3. The summed E-state index contributed by atoms with van der Waals surface area (Å²) in [4.78, 5) is 17.5. The fourth-order valence-corrected chi connectivity index (χ4v) is 3.56. The molecule has 1 aromatic heterocycles. The van der Waals surface area contributed by atoms with Crippen LogP contribution in [0.25, 0.3) is 22.4 Å². The molecule has 0 aliphatic carbocycles. The highest BCUT2D eigenvalue weighted by atomic mass is 35.5. The Bertz CT molecular complexity index is 1230.